The zero-order valence-electron chi connectivity index (χ0n) is 11.0. The molecule has 19 heavy (non-hydrogen) atoms. The number of sulfonamides is 1. The van der Waals surface area contributed by atoms with Crippen molar-refractivity contribution in [2.45, 2.75) is 31.1 Å². The molecule has 0 amide bonds. The van der Waals surface area contributed by atoms with Gasteiger partial charge in [-0.3, -0.25) is 0 Å². The highest BCUT2D eigenvalue weighted by molar-refractivity contribution is 7.89. The van der Waals surface area contributed by atoms with Gasteiger partial charge in [-0.25, -0.2) is 12.8 Å². The smallest absolute Gasteiger partial charge is 0.245 e. The van der Waals surface area contributed by atoms with E-state index in [1.165, 1.54) is 22.5 Å². The summed E-state index contributed by atoms with van der Waals surface area (Å²) in [6.07, 6.45) is 1.90. The lowest BCUT2D eigenvalue weighted by atomic mass is 10.3. The van der Waals surface area contributed by atoms with Crippen molar-refractivity contribution in [2.24, 2.45) is 0 Å². The monoisotopic (exact) mass is 289 g/mol. The molecule has 0 heterocycles. The van der Waals surface area contributed by atoms with Gasteiger partial charge in [-0.15, -0.1) is 0 Å². The Morgan fingerprint density at radius 2 is 1.84 bits per heavy atom. The number of aliphatic hydroxyl groups excluding tert-OH is 1. The molecule has 6 heteroatoms. The van der Waals surface area contributed by atoms with Crippen molar-refractivity contribution in [1.29, 1.82) is 0 Å². The Bertz CT molecular complexity index is 482. The number of benzene rings is 1. The summed E-state index contributed by atoms with van der Waals surface area (Å²) in [4.78, 5) is -0.302. The number of halogens is 1. The molecule has 0 saturated carbocycles. The van der Waals surface area contributed by atoms with Crippen molar-refractivity contribution >= 4 is 10.0 Å². The van der Waals surface area contributed by atoms with E-state index in [1.807, 2.05) is 6.92 Å². The highest BCUT2D eigenvalue weighted by Crippen LogP contribution is 2.19. The van der Waals surface area contributed by atoms with Crippen LogP contribution in [0.15, 0.2) is 29.2 Å². The summed E-state index contributed by atoms with van der Waals surface area (Å²) >= 11 is 0. The van der Waals surface area contributed by atoms with Crippen LogP contribution >= 0.6 is 0 Å². The molecule has 1 aromatic carbocycles. The van der Waals surface area contributed by atoms with Crippen LogP contribution in [0.4, 0.5) is 4.39 Å². The van der Waals surface area contributed by atoms with Crippen molar-refractivity contribution in [3.05, 3.63) is 30.1 Å². The summed E-state index contributed by atoms with van der Waals surface area (Å²) in [7, 11) is -3.83. The zero-order valence-corrected chi connectivity index (χ0v) is 11.9. The molecule has 1 aromatic rings. The van der Waals surface area contributed by atoms with Gasteiger partial charge in [0, 0.05) is 19.7 Å². The highest BCUT2D eigenvalue weighted by Gasteiger charge is 2.26. The van der Waals surface area contributed by atoms with Crippen LogP contribution in [0.2, 0.25) is 0 Å². The third-order valence-corrected chi connectivity index (χ3v) is 4.71. The van der Waals surface area contributed by atoms with Crippen LogP contribution in [-0.2, 0) is 10.0 Å². The SMILES string of the molecule is CCCCN(CCCO)S(=O)(=O)c1ccccc1F. The summed E-state index contributed by atoms with van der Waals surface area (Å²) in [5, 5.41) is 8.84. The molecule has 0 saturated heterocycles. The Labute approximate surface area is 113 Å². The van der Waals surface area contributed by atoms with E-state index in [-0.39, 0.29) is 18.0 Å². The van der Waals surface area contributed by atoms with Gasteiger partial charge in [0.15, 0.2) is 0 Å². The average Bonchev–Trinajstić information content (AvgIpc) is 2.39. The van der Waals surface area contributed by atoms with E-state index in [1.54, 1.807) is 0 Å². The molecule has 0 radical (unpaired) electrons. The van der Waals surface area contributed by atoms with Crippen LogP contribution in [0.5, 0.6) is 0 Å². The maximum Gasteiger partial charge on any atom is 0.245 e. The van der Waals surface area contributed by atoms with E-state index in [0.717, 1.165) is 12.5 Å². The minimum Gasteiger partial charge on any atom is -0.396 e. The molecular formula is C13H20FNO3S. The summed E-state index contributed by atoms with van der Waals surface area (Å²) in [5.74, 6) is -0.743. The van der Waals surface area contributed by atoms with Crippen LogP contribution in [0.1, 0.15) is 26.2 Å². The Morgan fingerprint density at radius 1 is 1.21 bits per heavy atom. The zero-order chi connectivity index (χ0) is 14.3. The Balaban J connectivity index is 3.01. The van der Waals surface area contributed by atoms with Gasteiger partial charge < -0.3 is 5.11 Å². The van der Waals surface area contributed by atoms with Crippen LogP contribution in [0.3, 0.4) is 0 Å². The molecule has 4 nitrogen and oxygen atoms in total. The molecule has 0 aromatic heterocycles. The van der Waals surface area contributed by atoms with Gasteiger partial charge in [0.05, 0.1) is 0 Å². The number of rotatable bonds is 8. The highest BCUT2D eigenvalue weighted by atomic mass is 32.2. The summed E-state index contributed by atoms with van der Waals surface area (Å²) in [6.45, 7) is 2.41. The first-order valence-electron chi connectivity index (χ1n) is 6.39. The molecule has 0 aliphatic carbocycles. The molecule has 0 spiro atoms. The van der Waals surface area contributed by atoms with E-state index >= 15 is 0 Å². The third kappa shape index (κ3) is 4.26. The van der Waals surface area contributed by atoms with Gasteiger partial charge in [0.1, 0.15) is 10.7 Å². The fourth-order valence-electron chi connectivity index (χ4n) is 1.73. The maximum atomic E-state index is 13.6. The number of unbranched alkanes of at least 4 members (excludes halogenated alkanes) is 1. The first kappa shape index (κ1) is 16.1. The molecule has 1 rings (SSSR count). The van der Waals surface area contributed by atoms with Crippen molar-refractivity contribution in [3.8, 4) is 0 Å². The second-order valence-corrected chi connectivity index (χ2v) is 6.17. The molecule has 0 aliphatic heterocycles. The second kappa shape index (κ2) is 7.57. The number of hydrogen-bond acceptors (Lipinski definition) is 3. The number of nitrogens with zero attached hydrogens (tertiary/aromatic N) is 1. The topological polar surface area (TPSA) is 57.6 Å². The summed E-state index contributed by atoms with van der Waals surface area (Å²) in [6, 6.07) is 5.36. The Hall–Kier alpha value is -0.980. The van der Waals surface area contributed by atoms with Crippen LogP contribution < -0.4 is 0 Å². The lowest BCUT2D eigenvalue weighted by Crippen LogP contribution is -2.34. The van der Waals surface area contributed by atoms with Gasteiger partial charge in [-0.05, 0) is 25.0 Å². The average molecular weight is 289 g/mol. The fourth-order valence-corrected chi connectivity index (χ4v) is 3.31. The maximum absolute atomic E-state index is 13.6. The second-order valence-electron chi connectivity index (χ2n) is 4.27. The predicted octanol–water partition coefficient (Wildman–Crippen LogP) is 2.00. The molecule has 108 valence electrons. The van der Waals surface area contributed by atoms with Crippen molar-refractivity contribution in [2.75, 3.05) is 19.7 Å². The lowest BCUT2D eigenvalue weighted by molar-refractivity contribution is 0.268. The minimum absolute atomic E-state index is 0.0879. The molecule has 1 N–H and O–H groups in total. The van der Waals surface area contributed by atoms with Gasteiger partial charge in [-0.2, -0.15) is 4.31 Å². The quantitative estimate of drug-likeness (QED) is 0.796. The lowest BCUT2D eigenvalue weighted by Gasteiger charge is -2.21. The molecule has 0 bridgehead atoms. The largest absolute Gasteiger partial charge is 0.396 e. The molecular weight excluding hydrogens is 269 g/mol. The van der Waals surface area contributed by atoms with Gasteiger partial charge in [0.2, 0.25) is 10.0 Å². The summed E-state index contributed by atoms with van der Waals surface area (Å²) < 4.78 is 39.6. The van der Waals surface area contributed by atoms with Crippen LogP contribution in [-0.4, -0.2) is 37.5 Å². The number of hydrogen-bond donors (Lipinski definition) is 1. The van der Waals surface area contributed by atoms with E-state index in [4.69, 9.17) is 5.11 Å². The first-order valence-corrected chi connectivity index (χ1v) is 7.83. The van der Waals surface area contributed by atoms with Crippen LogP contribution in [0, 0.1) is 5.82 Å². The normalized spacial score (nSPS) is 12.0. The van der Waals surface area contributed by atoms with Gasteiger partial charge in [0.25, 0.3) is 0 Å². The molecule has 0 aliphatic rings. The summed E-state index contributed by atoms with van der Waals surface area (Å²) in [5.41, 5.74) is 0. The third-order valence-electron chi connectivity index (χ3n) is 2.78. The van der Waals surface area contributed by atoms with E-state index in [9.17, 15) is 12.8 Å². The number of aliphatic hydroxyl groups is 1. The van der Waals surface area contributed by atoms with E-state index < -0.39 is 15.8 Å². The molecule has 0 fully saturated rings. The predicted molar refractivity (Wildman–Crippen MR) is 71.8 cm³/mol. The molecule has 0 unspecified atom stereocenters. The first-order chi connectivity index (χ1) is 9.04. The van der Waals surface area contributed by atoms with E-state index in [2.05, 4.69) is 0 Å². The van der Waals surface area contributed by atoms with E-state index in [0.29, 0.717) is 19.4 Å². The standard InChI is InChI=1S/C13H20FNO3S/c1-2-3-9-15(10-6-11-16)19(17,18)13-8-5-4-7-12(13)14/h4-5,7-8,16H,2-3,6,9-11H2,1H3. The van der Waals surface area contributed by atoms with Gasteiger partial charge >= 0.3 is 0 Å². The van der Waals surface area contributed by atoms with Crippen LogP contribution in [0.25, 0.3) is 0 Å². The minimum atomic E-state index is -3.83. The van der Waals surface area contributed by atoms with Crippen molar-refractivity contribution in [1.82, 2.24) is 4.31 Å². The fraction of sp³-hybridized carbons (Fsp3) is 0.538. The van der Waals surface area contributed by atoms with Crippen molar-refractivity contribution in [3.63, 3.8) is 0 Å². The molecule has 0 atom stereocenters. The van der Waals surface area contributed by atoms with Crippen molar-refractivity contribution < 1.29 is 17.9 Å². The Morgan fingerprint density at radius 3 is 2.42 bits per heavy atom. The van der Waals surface area contributed by atoms with Gasteiger partial charge in [-0.1, -0.05) is 25.5 Å². The Kier molecular flexibility index (Phi) is 6.41.